The minimum atomic E-state index is 0.430. The average molecular weight is 258 g/mol. The van der Waals surface area contributed by atoms with Crippen LogP contribution in [0.4, 0.5) is 5.69 Å². The first-order valence-electron chi connectivity index (χ1n) is 7.76. The Morgan fingerprint density at radius 2 is 1.74 bits per heavy atom. The van der Waals surface area contributed by atoms with Crippen LogP contribution in [0.15, 0.2) is 24.3 Å². The Morgan fingerprint density at radius 3 is 2.32 bits per heavy atom. The fourth-order valence-corrected chi connectivity index (χ4v) is 3.65. The highest BCUT2D eigenvalue weighted by Gasteiger charge is 2.45. The molecule has 0 radical (unpaired) electrons. The van der Waals surface area contributed by atoms with Crippen LogP contribution in [-0.4, -0.2) is 24.5 Å². The van der Waals surface area contributed by atoms with Crippen molar-refractivity contribution in [2.24, 2.45) is 0 Å². The lowest BCUT2D eigenvalue weighted by molar-refractivity contribution is 0.177. The van der Waals surface area contributed by atoms with Gasteiger partial charge in [0.2, 0.25) is 0 Å². The van der Waals surface area contributed by atoms with Gasteiger partial charge in [0.25, 0.3) is 0 Å². The number of hydrogen-bond donors (Lipinski definition) is 1. The molecule has 2 saturated carbocycles. The van der Waals surface area contributed by atoms with Gasteiger partial charge in [0.15, 0.2) is 0 Å². The summed E-state index contributed by atoms with van der Waals surface area (Å²) in [6.45, 7) is 1.22. The molecular weight excluding hydrogens is 232 g/mol. The fourth-order valence-electron chi connectivity index (χ4n) is 3.65. The van der Waals surface area contributed by atoms with Crippen LogP contribution in [0, 0.1) is 0 Å². The first-order valence-corrected chi connectivity index (χ1v) is 7.76. The zero-order valence-corrected chi connectivity index (χ0v) is 12.1. The van der Waals surface area contributed by atoms with Crippen LogP contribution in [-0.2, 0) is 5.41 Å². The smallest absolute Gasteiger partial charge is 0.0314 e. The molecule has 0 aliphatic heterocycles. The van der Waals surface area contributed by atoms with E-state index in [0.717, 1.165) is 11.7 Å². The highest BCUT2D eigenvalue weighted by Crippen LogP contribution is 2.49. The standard InChI is InChI=1S/C17H26N2/c1-19(16-5-3-2-4-6-16)13-17(11-12-17)14-7-9-15(18)10-8-14/h7-10,16H,2-6,11-13,18H2,1H3. The summed E-state index contributed by atoms with van der Waals surface area (Å²) in [5, 5.41) is 0. The molecule has 2 N–H and O–H groups in total. The van der Waals surface area contributed by atoms with E-state index in [9.17, 15) is 0 Å². The van der Waals surface area contributed by atoms with E-state index in [1.54, 1.807) is 0 Å². The Balaban J connectivity index is 1.66. The van der Waals surface area contributed by atoms with Crippen LogP contribution in [0.5, 0.6) is 0 Å². The Bertz CT molecular complexity index is 413. The molecule has 0 atom stereocenters. The molecule has 104 valence electrons. The van der Waals surface area contributed by atoms with Crippen LogP contribution >= 0.6 is 0 Å². The number of rotatable bonds is 4. The molecule has 0 unspecified atom stereocenters. The zero-order chi connectivity index (χ0) is 13.3. The number of benzene rings is 1. The lowest BCUT2D eigenvalue weighted by atomic mass is 9.91. The molecule has 2 heteroatoms. The second-order valence-electron chi connectivity index (χ2n) is 6.61. The highest BCUT2D eigenvalue weighted by molar-refractivity contribution is 5.43. The number of nitrogen functional groups attached to an aromatic ring is 1. The molecular formula is C17H26N2. The van der Waals surface area contributed by atoms with Gasteiger partial charge in [-0.3, -0.25) is 0 Å². The molecule has 2 aliphatic rings. The minimum absolute atomic E-state index is 0.430. The second kappa shape index (κ2) is 5.16. The molecule has 19 heavy (non-hydrogen) atoms. The quantitative estimate of drug-likeness (QED) is 0.837. The molecule has 0 saturated heterocycles. The third kappa shape index (κ3) is 2.79. The van der Waals surface area contributed by atoms with Gasteiger partial charge in [-0.05, 0) is 50.4 Å². The van der Waals surface area contributed by atoms with Gasteiger partial charge >= 0.3 is 0 Å². The van der Waals surface area contributed by atoms with E-state index in [1.165, 1.54) is 57.1 Å². The van der Waals surface area contributed by atoms with E-state index in [4.69, 9.17) is 5.73 Å². The van der Waals surface area contributed by atoms with Crippen molar-refractivity contribution in [3.8, 4) is 0 Å². The lowest BCUT2D eigenvalue weighted by Gasteiger charge is -2.34. The number of nitrogens with zero attached hydrogens (tertiary/aromatic N) is 1. The van der Waals surface area contributed by atoms with E-state index in [2.05, 4.69) is 36.2 Å². The Kier molecular flexibility index (Phi) is 3.53. The maximum atomic E-state index is 5.80. The number of anilines is 1. The number of likely N-dealkylation sites (N-methyl/N-ethyl adjacent to an activating group) is 1. The maximum Gasteiger partial charge on any atom is 0.0314 e. The maximum absolute atomic E-state index is 5.80. The van der Waals surface area contributed by atoms with E-state index >= 15 is 0 Å². The van der Waals surface area contributed by atoms with Crippen molar-refractivity contribution in [3.63, 3.8) is 0 Å². The highest BCUT2D eigenvalue weighted by atomic mass is 15.1. The Morgan fingerprint density at radius 1 is 1.11 bits per heavy atom. The molecule has 0 heterocycles. The van der Waals surface area contributed by atoms with Crippen molar-refractivity contribution >= 4 is 5.69 Å². The van der Waals surface area contributed by atoms with Crippen LogP contribution in [0.25, 0.3) is 0 Å². The van der Waals surface area contributed by atoms with Gasteiger partial charge in [0, 0.05) is 23.7 Å². The fraction of sp³-hybridized carbons (Fsp3) is 0.647. The van der Waals surface area contributed by atoms with E-state index < -0.39 is 0 Å². The molecule has 3 rings (SSSR count). The monoisotopic (exact) mass is 258 g/mol. The van der Waals surface area contributed by atoms with Gasteiger partial charge in [-0.15, -0.1) is 0 Å². The van der Waals surface area contributed by atoms with Crippen molar-refractivity contribution in [1.29, 1.82) is 0 Å². The first-order chi connectivity index (χ1) is 9.20. The van der Waals surface area contributed by atoms with Crippen molar-refractivity contribution in [3.05, 3.63) is 29.8 Å². The van der Waals surface area contributed by atoms with Crippen molar-refractivity contribution in [2.75, 3.05) is 19.3 Å². The van der Waals surface area contributed by atoms with E-state index in [-0.39, 0.29) is 0 Å². The summed E-state index contributed by atoms with van der Waals surface area (Å²) in [4.78, 5) is 2.63. The van der Waals surface area contributed by atoms with Crippen LogP contribution in [0.1, 0.15) is 50.5 Å². The summed E-state index contributed by atoms with van der Waals surface area (Å²) in [7, 11) is 2.33. The van der Waals surface area contributed by atoms with Gasteiger partial charge in [0.1, 0.15) is 0 Å². The summed E-state index contributed by atoms with van der Waals surface area (Å²) < 4.78 is 0. The minimum Gasteiger partial charge on any atom is -0.399 e. The van der Waals surface area contributed by atoms with Crippen molar-refractivity contribution in [1.82, 2.24) is 4.90 Å². The van der Waals surface area contributed by atoms with E-state index in [1.807, 2.05) is 0 Å². The molecule has 0 aromatic heterocycles. The van der Waals surface area contributed by atoms with Gasteiger partial charge in [-0.2, -0.15) is 0 Å². The molecule has 2 aliphatic carbocycles. The van der Waals surface area contributed by atoms with Gasteiger partial charge in [-0.1, -0.05) is 31.4 Å². The van der Waals surface area contributed by atoms with Crippen molar-refractivity contribution in [2.45, 2.75) is 56.4 Å². The number of nitrogens with two attached hydrogens (primary N) is 1. The van der Waals surface area contributed by atoms with Crippen LogP contribution in [0.3, 0.4) is 0 Å². The largest absolute Gasteiger partial charge is 0.399 e. The predicted octanol–water partition coefficient (Wildman–Crippen LogP) is 3.56. The third-order valence-electron chi connectivity index (χ3n) is 5.13. The van der Waals surface area contributed by atoms with Crippen LogP contribution < -0.4 is 5.73 Å². The summed E-state index contributed by atoms with van der Waals surface area (Å²) in [5.41, 5.74) is 8.59. The van der Waals surface area contributed by atoms with Gasteiger partial charge < -0.3 is 10.6 Å². The van der Waals surface area contributed by atoms with Crippen molar-refractivity contribution < 1.29 is 0 Å². The van der Waals surface area contributed by atoms with Crippen LogP contribution in [0.2, 0.25) is 0 Å². The zero-order valence-electron chi connectivity index (χ0n) is 12.1. The normalized spacial score (nSPS) is 22.6. The molecule has 1 aromatic carbocycles. The first kappa shape index (κ1) is 13.0. The van der Waals surface area contributed by atoms with Gasteiger partial charge in [-0.25, -0.2) is 0 Å². The molecule has 2 nitrogen and oxygen atoms in total. The SMILES string of the molecule is CN(CC1(c2ccc(N)cc2)CC1)C1CCCCC1. The molecule has 0 bridgehead atoms. The second-order valence-corrected chi connectivity index (χ2v) is 6.61. The molecule has 1 aromatic rings. The number of hydrogen-bond acceptors (Lipinski definition) is 2. The lowest BCUT2D eigenvalue weighted by Crippen LogP contribution is -2.38. The molecule has 0 amide bonds. The summed E-state index contributed by atoms with van der Waals surface area (Å²) in [6, 6.07) is 9.39. The predicted molar refractivity (Wildman–Crippen MR) is 81.3 cm³/mol. The summed E-state index contributed by atoms with van der Waals surface area (Å²) in [6.07, 6.45) is 9.76. The average Bonchev–Trinajstić information content (AvgIpc) is 3.21. The summed E-state index contributed by atoms with van der Waals surface area (Å²) in [5.74, 6) is 0. The van der Waals surface area contributed by atoms with Gasteiger partial charge in [0.05, 0.1) is 0 Å². The molecule has 2 fully saturated rings. The Labute approximate surface area is 117 Å². The third-order valence-corrected chi connectivity index (χ3v) is 5.13. The Hall–Kier alpha value is -1.02. The van der Waals surface area contributed by atoms with E-state index in [0.29, 0.717) is 5.41 Å². The molecule has 0 spiro atoms. The topological polar surface area (TPSA) is 29.3 Å². The summed E-state index contributed by atoms with van der Waals surface area (Å²) >= 11 is 0.